The van der Waals surface area contributed by atoms with Crippen LogP contribution in [0.1, 0.15) is 326 Å². The molecular formula is C68H112O8Sn. The van der Waals surface area contributed by atoms with Crippen LogP contribution in [0.15, 0.2) is 72.8 Å². The molecule has 2 aromatic rings. The Bertz CT molecular complexity index is 1540. The summed E-state index contributed by atoms with van der Waals surface area (Å²) >= 11 is 0. The van der Waals surface area contributed by atoms with Gasteiger partial charge in [-0.25, -0.2) is 9.59 Å². The van der Waals surface area contributed by atoms with Crippen LogP contribution in [-0.2, 0) is 9.47 Å². The molecule has 0 atom stereocenters. The van der Waals surface area contributed by atoms with E-state index in [1.54, 1.807) is 24.3 Å². The fourth-order valence-corrected chi connectivity index (χ4v) is 8.40. The van der Waals surface area contributed by atoms with Gasteiger partial charge in [-0.05, 0) is 63.5 Å². The van der Waals surface area contributed by atoms with E-state index < -0.39 is 23.9 Å². The molecular weight excluding hydrogens is 1060 g/mol. The maximum Gasteiger partial charge on any atom is 2.00 e. The molecule has 0 aromatic heterocycles. The van der Waals surface area contributed by atoms with Gasteiger partial charge < -0.3 is 29.3 Å². The van der Waals surface area contributed by atoms with E-state index in [9.17, 15) is 29.4 Å². The molecule has 0 aliphatic rings. The molecule has 4 radical (unpaired) electrons. The van der Waals surface area contributed by atoms with Crippen molar-refractivity contribution in [1.29, 1.82) is 0 Å². The second-order valence-corrected chi connectivity index (χ2v) is 20.3. The van der Waals surface area contributed by atoms with Gasteiger partial charge in [0.2, 0.25) is 0 Å². The number of unbranched alkanes of at least 4 members (excludes halogenated alkanes) is 34. The summed E-state index contributed by atoms with van der Waals surface area (Å²) in [6, 6.07) is 12.0. The Morgan fingerprint density at radius 3 is 0.857 bits per heavy atom. The average Bonchev–Trinajstić information content (AvgIpc) is 3.43. The van der Waals surface area contributed by atoms with Gasteiger partial charge in [0, 0.05) is 11.1 Å². The first kappa shape index (κ1) is 77.8. The third kappa shape index (κ3) is 53.0. The van der Waals surface area contributed by atoms with Crippen LogP contribution >= 0.6 is 0 Å². The van der Waals surface area contributed by atoms with Crippen molar-refractivity contribution in [2.75, 3.05) is 13.2 Å². The molecule has 2 aromatic carbocycles. The van der Waals surface area contributed by atoms with Crippen molar-refractivity contribution in [1.82, 2.24) is 0 Å². The van der Waals surface area contributed by atoms with E-state index in [4.69, 9.17) is 9.47 Å². The third-order valence-electron chi connectivity index (χ3n) is 13.2. The Morgan fingerprint density at radius 2 is 0.584 bits per heavy atom. The van der Waals surface area contributed by atoms with Crippen molar-refractivity contribution in [2.45, 2.75) is 285 Å². The smallest absolute Gasteiger partial charge is 0.545 e. The largest absolute Gasteiger partial charge is 2.00 e. The van der Waals surface area contributed by atoms with E-state index in [0.29, 0.717) is 13.2 Å². The zero-order chi connectivity index (χ0) is 56.2. The van der Waals surface area contributed by atoms with Crippen LogP contribution in [0.5, 0.6) is 0 Å². The van der Waals surface area contributed by atoms with E-state index >= 15 is 0 Å². The minimum absolute atomic E-state index is 0. The van der Waals surface area contributed by atoms with Crippen molar-refractivity contribution >= 4 is 47.8 Å². The quantitative estimate of drug-likeness (QED) is 0.0277. The van der Waals surface area contributed by atoms with E-state index in [1.165, 1.54) is 230 Å². The first-order chi connectivity index (χ1) is 37.2. The molecule has 0 N–H and O–H groups in total. The summed E-state index contributed by atoms with van der Waals surface area (Å²) in [7, 11) is 0. The Kier molecular flexibility index (Phi) is 64.1. The van der Waals surface area contributed by atoms with Crippen LogP contribution in [0, 0.1) is 13.8 Å². The van der Waals surface area contributed by atoms with E-state index in [2.05, 4.69) is 65.8 Å². The van der Waals surface area contributed by atoms with Gasteiger partial charge in [0.05, 0.1) is 36.3 Å². The molecule has 0 amide bonds. The predicted octanol–water partition coefficient (Wildman–Crippen LogP) is 18.5. The predicted molar refractivity (Wildman–Crippen MR) is 324 cm³/mol. The van der Waals surface area contributed by atoms with Gasteiger partial charge in [-0.3, -0.25) is 0 Å². The van der Waals surface area contributed by atoms with E-state index in [0.717, 1.165) is 51.4 Å². The van der Waals surface area contributed by atoms with Crippen molar-refractivity contribution in [2.24, 2.45) is 0 Å². The molecule has 436 valence electrons. The molecule has 0 unspecified atom stereocenters. The van der Waals surface area contributed by atoms with Crippen molar-refractivity contribution in [3.05, 3.63) is 109 Å². The molecule has 0 aliphatic heterocycles. The molecule has 0 heterocycles. The Balaban J connectivity index is -0.00000109. The van der Waals surface area contributed by atoms with Crippen molar-refractivity contribution in [3.63, 3.8) is 0 Å². The number of benzene rings is 2. The van der Waals surface area contributed by atoms with E-state index in [-0.39, 0.29) is 46.2 Å². The zero-order valence-electron chi connectivity index (χ0n) is 49.8. The standard InChI is InChI=1S/2C26H40O4.2C8H17.Sn/c2*1-2-3-4-5-6-7-8-9-10-11-12-13-14-15-16-19-22-30-26(29)24-21-18-17-20-23(24)25(27)28;2*1-3-5-7-8-6-4-2;/h2*5-6,17-18,20-21H,2-4,7-16,19,22H2,1H3,(H,27,28);2*1,3-8H2,2H3;/q;;;;+2/p-2/b2*6-5+;;;. The maximum atomic E-state index is 12.0. The van der Waals surface area contributed by atoms with Crippen LogP contribution in [0.25, 0.3) is 0 Å². The second kappa shape index (κ2) is 63.4. The Labute approximate surface area is 490 Å². The van der Waals surface area contributed by atoms with Gasteiger partial charge in [0.1, 0.15) is 0 Å². The first-order valence-corrected chi connectivity index (χ1v) is 31.0. The summed E-state index contributed by atoms with van der Waals surface area (Å²) in [6.07, 6.45) is 59.6. The number of aromatic carboxylic acids is 2. The number of carboxylic acids is 2. The summed E-state index contributed by atoms with van der Waals surface area (Å²) in [5, 5.41) is 22.1. The number of ether oxygens (including phenoxy) is 2. The van der Waals surface area contributed by atoms with Crippen molar-refractivity contribution < 1.29 is 38.9 Å². The summed E-state index contributed by atoms with van der Waals surface area (Å²) in [5.41, 5.74) is -0.119. The van der Waals surface area contributed by atoms with E-state index in [1.807, 2.05) is 0 Å². The molecule has 0 spiro atoms. The van der Waals surface area contributed by atoms with Gasteiger partial charge in [-0.1, -0.05) is 308 Å². The molecule has 0 saturated heterocycles. The molecule has 0 saturated carbocycles. The van der Waals surface area contributed by atoms with Gasteiger partial charge in [-0.15, -0.1) is 0 Å². The number of esters is 2. The average molecular weight is 1180 g/mol. The number of rotatable bonds is 46. The number of hydrogen-bond donors (Lipinski definition) is 0. The van der Waals surface area contributed by atoms with Gasteiger partial charge in [0.25, 0.3) is 0 Å². The number of carbonyl (C=O) groups is 4. The minimum Gasteiger partial charge on any atom is -0.545 e. The number of carbonyl (C=O) groups excluding carboxylic acids is 4. The third-order valence-corrected chi connectivity index (χ3v) is 13.2. The fraction of sp³-hybridized carbons (Fsp3) is 0.676. The van der Waals surface area contributed by atoms with Crippen LogP contribution in [-0.4, -0.2) is 61.0 Å². The number of allylic oxidation sites excluding steroid dienone is 4. The zero-order valence-corrected chi connectivity index (χ0v) is 52.7. The van der Waals surface area contributed by atoms with Crippen LogP contribution in [0.4, 0.5) is 0 Å². The number of hydrogen-bond acceptors (Lipinski definition) is 8. The molecule has 0 aliphatic carbocycles. The molecule has 0 fully saturated rings. The minimum atomic E-state index is -1.36. The van der Waals surface area contributed by atoms with Crippen LogP contribution in [0.3, 0.4) is 0 Å². The molecule has 0 bridgehead atoms. The second-order valence-electron chi connectivity index (χ2n) is 20.3. The van der Waals surface area contributed by atoms with Crippen molar-refractivity contribution in [3.8, 4) is 0 Å². The first-order valence-electron chi connectivity index (χ1n) is 31.0. The summed E-state index contributed by atoms with van der Waals surface area (Å²) in [6.45, 7) is 17.2. The van der Waals surface area contributed by atoms with Gasteiger partial charge in [-0.2, -0.15) is 0 Å². The Hall–Kier alpha value is -3.40. The topological polar surface area (TPSA) is 133 Å². The molecule has 77 heavy (non-hydrogen) atoms. The van der Waals surface area contributed by atoms with Crippen LogP contribution in [0.2, 0.25) is 0 Å². The Morgan fingerprint density at radius 1 is 0.351 bits per heavy atom. The maximum absolute atomic E-state index is 12.0. The normalized spacial score (nSPS) is 10.7. The molecule has 2 rings (SSSR count). The summed E-state index contributed by atoms with van der Waals surface area (Å²) < 4.78 is 10.4. The van der Waals surface area contributed by atoms with Gasteiger partial charge >= 0.3 is 35.8 Å². The molecule has 9 heteroatoms. The summed E-state index contributed by atoms with van der Waals surface area (Å²) in [4.78, 5) is 46.1. The van der Waals surface area contributed by atoms with Gasteiger partial charge in [0.15, 0.2) is 0 Å². The summed E-state index contributed by atoms with van der Waals surface area (Å²) in [5.74, 6) is -3.90. The molecule has 8 nitrogen and oxygen atoms in total. The fourth-order valence-electron chi connectivity index (χ4n) is 8.40. The SMILES string of the molecule is CCCC/C=C/CCCCCCCCCCCCOC(=O)c1ccccc1C(=O)[O-].CCCC/C=C/CCCCCCCCCCCCOC(=O)c1ccccc1C(=O)[O-].[CH2]CCCCCCC.[CH2]CCCCCCC.[Sn+2]. The number of carboxylic acid groups (broad SMARTS) is 2. The monoisotopic (exact) mass is 1180 g/mol. The van der Waals surface area contributed by atoms with Crippen LogP contribution < -0.4 is 10.2 Å².